The fraction of sp³-hybridized carbons (Fsp3) is 0.395. The molecule has 0 bridgehead atoms. The Morgan fingerprint density at radius 1 is 0.694 bits per heavy atom. The minimum atomic E-state index is -3.14. The number of rotatable bonds is 12. The number of hydrogen-bond acceptors (Lipinski definition) is 8. The maximum absolute atomic E-state index is 12.1. The van der Waals surface area contributed by atoms with E-state index in [1.54, 1.807) is 12.4 Å². The number of hydrogen-bond donors (Lipinski definition) is 2. The Morgan fingerprint density at radius 3 is 1.41 bits per heavy atom. The Balaban J connectivity index is 0.000000195. The van der Waals surface area contributed by atoms with Gasteiger partial charge in [0, 0.05) is 48.5 Å². The second kappa shape index (κ2) is 15.6. The topological polar surface area (TPSA) is 141 Å². The molecule has 2 saturated carbocycles. The number of halogens is 2. The molecule has 2 heterocycles. The van der Waals surface area contributed by atoms with Gasteiger partial charge in [-0.1, -0.05) is 72.5 Å². The van der Waals surface area contributed by atoms with Gasteiger partial charge in [-0.15, -0.1) is 0 Å². The van der Waals surface area contributed by atoms with Crippen LogP contribution in [0.15, 0.2) is 73.3 Å². The summed E-state index contributed by atoms with van der Waals surface area (Å²) in [5, 5.41) is 1.88. The maximum Gasteiger partial charge on any atom is 0.315 e. The van der Waals surface area contributed by atoms with E-state index in [9.17, 15) is 23.2 Å². The monoisotopic (exact) mass is 668 g/mol. The van der Waals surface area contributed by atoms with Gasteiger partial charge in [-0.25, -0.2) is 19.9 Å². The summed E-state index contributed by atoms with van der Waals surface area (Å²) in [4.78, 5) is 51.6. The lowest BCUT2D eigenvalue weighted by Gasteiger charge is -2.42. The van der Waals surface area contributed by atoms with Crippen LogP contribution < -0.4 is 11.1 Å². The molecule has 1 amide bonds. The van der Waals surface area contributed by atoms with E-state index in [1.807, 2.05) is 5.32 Å². The van der Waals surface area contributed by atoms with Gasteiger partial charge in [0.15, 0.2) is 11.6 Å². The summed E-state index contributed by atoms with van der Waals surface area (Å²) in [6, 6.07) is 17.3. The Labute approximate surface area is 285 Å². The minimum Gasteiger partial charge on any atom is -0.344 e. The second-order valence-corrected chi connectivity index (χ2v) is 13.2. The molecule has 6 rings (SSSR count). The van der Waals surface area contributed by atoms with Crippen molar-refractivity contribution in [2.24, 2.45) is 5.73 Å². The molecule has 0 aliphatic heterocycles. The fourth-order valence-corrected chi connectivity index (χ4v) is 6.41. The molecule has 2 aromatic heterocycles. The SMILES string of the molecule is Cc1ccc(C2(Cc3ncc(C(=O)CN)cn3)CCC2)cc1.Cc1ccc(C2(Cc3ncc(C(=O)CNC(=O)C(F)F)cn3)CCC2)cc1. The van der Waals surface area contributed by atoms with Crippen molar-refractivity contribution < 1.29 is 23.2 Å². The van der Waals surface area contributed by atoms with Crippen LogP contribution in [-0.4, -0.2) is 56.9 Å². The molecule has 2 aromatic carbocycles. The zero-order valence-corrected chi connectivity index (χ0v) is 27.9. The molecule has 4 aromatic rings. The van der Waals surface area contributed by atoms with Gasteiger partial charge in [-0.05, 0) is 50.7 Å². The molecule has 2 aliphatic carbocycles. The van der Waals surface area contributed by atoms with Crippen molar-refractivity contribution in [2.45, 2.75) is 82.5 Å². The quantitative estimate of drug-likeness (QED) is 0.186. The predicted octanol–water partition coefficient (Wildman–Crippen LogP) is 5.60. The first-order valence-electron chi connectivity index (χ1n) is 16.6. The average molecular weight is 669 g/mol. The number of aryl methyl sites for hydroxylation is 2. The molecule has 0 radical (unpaired) electrons. The molecule has 11 heteroatoms. The van der Waals surface area contributed by atoms with Gasteiger partial charge in [-0.3, -0.25) is 14.4 Å². The number of benzene rings is 2. The molecule has 9 nitrogen and oxygen atoms in total. The van der Waals surface area contributed by atoms with E-state index in [2.05, 4.69) is 82.3 Å². The molecule has 0 atom stereocenters. The normalized spacial score (nSPS) is 15.6. The lowest BCUT2D eigenvalue weighted by molar-refractivity contribution is -0.131. The summed E-state index contributed by atoms with van der Waals surface area (Å²) in [6.07, 6.45) is 11.2. The van der Waals surface area contributed by atoms with Crippen molar-refractivity contribution in [1.29, 1.82) is 0 Å². The average Bonchev–Trinajstić information content (AvgIpc) is 3.08. The summed E-state index contributed by atoms with van der Waals surface area (Å²) in [5.74, 6) is -0.654. The zero-order valence-electron chi connectivity index (χ0n) is 27.9. The van der Waals surface area contributed by atoms with Crippen molar-refractivity contribution in [1.82, 2.24) is 25.3 Å². The highest BCUT2D eigenvalue weighted by Crippen LogP contribution is 2.46. The molecule has 256 valence electrons. The highest BCUT2D eigenvalue weighted by molar-refractivity contribution is 5.99. The molecule has 2 fully saturated rings. The van der Waals surface area contributed by atoms with Crippen LogP contribution >= 0.6 is 0 Å². The maximum atomic E-state index is 12.1. The minimum absolute atomic E-state index is 0.00396. The van der Waals surface area contributed by atoms with Crippen LogP contribution in [0.5, 0.6) is 0 Å². The Kier molecular flexibility index (Phi) is 11.3. The van der Waals surface area contributed by atoms with Crippen LogP contribution in [0.3, 0.4) is 0 Å². The van der Waals surface area contributed by atoms with Gasteiger partial charge in [0.1, 0.15) is 11.6 Å². The molecule has 3 N–H and O–H groups in total. The van der Waals surface area contributed by atoms with Crippen LogP contribution in [0.4, 0.5) is 8.78 Å². The summed E-state index contributed by atoms with van der Waals surface area (Å²) < 4.78 is 24.3. The standard InChI is InChI=1S/C20H21F2N3O2.C18H21N3O/c1-13-3-5-15(6-4-13)20(7-2-8-20)9-17-23-10-14(11-24-17)16(26)12-25-19(27)18(21)22;1-13-3-5-15(6-4-13)18(7-2-8-18)9-17-20-11-14(12-21-17)16(22)10-19/h3-6,10-11,18H,2,7-9,12H2,1H3,(H,25,27);3-6,11-12H,2,7-10,19H2,1H3. The van der Waals surface area contributed by atoms with E-state index in [-0.39, 0.29) is 28.7 Å². The second-order valence-electron chi connectivity index (χ2n) is 13.2. The lowest BCUT2D eigenvalue weighted by atomic mass is 9.62. The number of nitrogens with zero attached hydrogens (tertiary/aromatic N) is 4. The number of carbonyl (C=O) groups excluding carboxylic acids is 3. The third kappa shape index (κ3) is 8.64. The fourth-order valence-electron chi connectivity index (χ4n) is 6.41. The lowest BCUT2D eigenvalue weighted by Crippen LogP contribution is -2.37. The number of aromatic nitrogens is 4. The Hall–Kier alpha value is -4.77. The molecule has 0 unspecified atom stereocenters. The molecule has 49 heavy (non-hydrogen) atoms. The van der Waals surface area contributed by atoms with E-state index in [0.717, 1.165) is 31.5 Å². The number of carbonyl (C=O) groups is 3. The Morgan fingerprint density at radius 2 is 1.08 bits per heavy atom. The van der Waals surface area contributed by atoms with Gasteiger partial charge in [-0.2, -0.15) is 8.78 Å². The van der Waals surface area contributed by atoms with Crippen molar-refractivity contribution in [3.63, 3.8) is 0 Å². The number of alkyl halides is 2. The first-order valence-corrected chi connectivity index (χ1v) is 16.6. The number of amides is 1. The van der Waals surface area contributed by atoms with E-state index in [0.29, 0.717) is 17.8 Å². The molecule has 2 aliphatic rings. The third-order valence-electron chi connectivity index (χ3n) is 9.80. The van der Waals surface area contributed by atoms with Crippen LogP contribution in [0.1, 0.15) is 93.1 Å². The van der Waals surface area contributed by atoms with Crippen LogP contribution in [0.25, 0.3) is 0 Å². The summed E-state index contributed by atoms with van der Waals surface area (Å²) in [6.45, 7) is 3.66. The van der Waals surface area contributed by atoms with Crippen molar-refractivity contribution in [2.75, 3.05) is 13.1 Å². The number of ketones is 2. The highest BCUT2D eigenvalue weighted by atomic mass is 19.3. The molecular weight excluding hydrogens is 626 g/mol. The smallest absolute Gasteiger partial charge is 0.315 e. The Bertz CT molecular complexity index is 1740. The summed E-state index contributed by atoms with van der Waals surface area (Å²) >= 11 is 0. The number of nitrogens with one attached hydrogen (secondary N) is 1. The largest absolute Gasteiger partial charge is 0.344 e. The number of Topliss-reactive ketones (excluding diaryl/α,β-unsaturated/α-hetero) is 2. The van der Waals surface area contributed by atoms with Gasteiger partial charge in [0.2, 0.25) is 0 Å². The van der Waals surface area contributed by atoms with Crippen molar-refractivity contribution in [3.05, 3.63) is 118 Å². The first kappa shape index (κ1) is 35.5. The highest BCUT2D eigenvalue weighted by Gasteiger charge is 2.40. The summed E-state index contributed by atoms with van der Waals surface area (Å²) in [7, 11) is 0. The molecular formula is C38H42F2N6O3. The van der Waals surface area contributed by atoms with E-state index in [4.69, 9.17) is 5.73 Å². The van der Waals surface area contributed by atoms with Crippen LogP contribution in [0.2, 0.25) is 0 Å². The van der Waals surface area contributed by atoms with Gasteiger partial charge in [0.25, 0.3) is 5.91 Å². The van der Waals surface area contributed by atoms with E-state index >= 15 is 0 Å². The van der Waals surface area contributed by atoms with E-state index < -0.39 is 24.7 Å². The van der Waals surface area contributed by atoms with E-state index in [1.165, 1.54) is 53.9 Å². The van der Waals surface area contributed by atoms with Gasteiger partial charge >= 0.3 is 6.43 Å². The zero-order chi connectivity index (χ0) is 35.0. The van der Waals surface area contributed by atoms with Crippen molar-refractivity contribution >= 4 is 17.5 Å². The van der Waals surface area contributed by atoms with Crippen molar-refractivity contribution in [3.8, 4) is 0 Å². The summed E-state index contributed by atoms with van der Waals surface area (Å²) in [5.41, 5.74) is 11.4. The van der Waals surface area contributed by atoms with Crippen LogP contribution in [0, 0.1) is 13.8 Å². The predicted molar refractivity (Wildman–Crippen MR) is 182 cm³/mol. The van der Waals surface area contributed by atoms with Gasteiger partial charge < -0.3 is 11.1 Å². The third-order valence-corrected chi connectivity index (χ3v) is 9.80. The first-order chi connectivity index (χ1) is 23.5. The van der Waals surface area contributed by atoms with Gasteiger partial charge in [0.05, 0.1) is 24.2 Å². The molecule has 0 spiro atoms. The van der Waals surface area contributed by atoms with Crippen LogP contribution in [-0.2, 0) is 28.5 Å². The number of nitrogens with two attached hydrogens (primary N) is 1. The molecule has 0 saturated heterocycles.